The summed E-state index contributed by atoms with van der Waals surface area (Å²) in [5.74, 6) is 0.126. The van der Waals surface area contributed by atoms with Crippen LogP contribution in [0.4, 0.5) is 5.82 Å². The minimum Gasteiger partial charge on any atom is -0.339 e. The van der Waals surface area contributed by atoms with Gasteiger partial charge in [-0.15, -0.1) is 0 Å². The fourth-order valence-corrected chi connectivity index (χ4v) is 2.47. The van der Waals surface area contributed by atoms with Crippen LogP contribution in [0, 0.1) is 6.92 Å². The lowest BCUT2D eigenvalue weighted by Crippen LogP contribution is -2.56. The van der Waals surface area contributed by atoms with Gasteiger partial charge in [0.15, 0.2) is 5.11 Å². The molecule has 0 saturated heterocycles. The minimum absolute atomic E-state index is 0.152. The van der Waals surface area contributed by atoms with Crippen molar-refractivity contribution in [3.05, 3.63) is 59.8 Å². The number of rotatable bonds is 4. The highest BCUT2D eigenvalue weighted by molar-refractivity contribution is 7.80. The third-order valence-corrected chi connectivity index (χ3v) is 3.94. The van der Waals surface area contributed by atoms with Crippen molar-refractivity contribution in [2.24, 2.45) is 0 Å². The lowest BCUT2D eigenvalue weighted by atomic mass is 10.1. The molecule has 132 valence electrons. The summed E-state index contributed by atoms with van der Waals surface area (Å²) in [5, 5.41) is 8.40. The van der Waals surface area contributed by atoms with E-state index < -0.39 is 15.9 Å². The fourth-order valence-electron chi connectivity index (χ4n) is 1.92. The molecule has 25 heavy (non-hydrogen) atoms. The molecule has 2 aromatic rings. The molecule has 0 bridgehead atoms. The van der Waals surface area contributed by atoms with Gasteiger partial charge in [0.1, 0.15) is 12.0 Å². The number of anilines is 1. The topological polar surface area (TPSA) is 66.1 Å². The monoisotopic (exact) mass is 416 g/mol. The number of hydrogen-bond donors (Lipinski definition) is 3. The highest BCUT2D eigenvalue weighted by atomic mass is 35.6. The molecule has 0 spiro atoms. The summed E-state index contributed by atoms with van der Waals surface area (Å²) in [4.78, 5) is 16.5. The van der Waals surface area contributed by atoms with Crippen molar-refractivity contribution in [1.29, 1.82) is 0 Å². The quantitative estimate of drug-likeness (QED) is 0.401. The molecule has 1 unspecified atom stereocenters. The Morgan fingerprint density at radius 1 is 1.16 bits per heavy atom. The number of carbonyl (C=O) groups is 1. The Balaban J connectivity index is 2.06. The summed E-state index contributed by atoms with van der Waals surface area (Å²) >= 11 is 23.1. The van der Waals surface area contributed by atoms with Crippen molar-refractivity contribution in [2.75, 3.05) is 5.32 Å². The van der Waals surface area contributed by atoms with Crippen molar-refractivity contribution in [2.45, 2.75) is 16.9 Å². The fraction of sp³-hybridized carbons (Fsp3) is 0.188. The third-order valence-electron chi connectivity index (χ3n) is 3.06. The predicted molar refractivity (Wildman–Crippen MR) is 106 cm³/mol. The zero-order chi connectivity index (χ0) is 18.4. The summed E-state index contributed by atoms with van der Waals surface area (Å²) in [7, 11) is 0. The molecule has 3 N–H and O–H groups in total. The van der Waals surface area contributed by atoms with Crippen LogP contribution in [0.2, 0.25) is 0 Å². The number of alkyl halides is 3. The van der Waals surface area contributed by atoms with Crippen molar-refractivity contribution >= 4 is 63.9 Å². The number of hydrogen-bond acceptors (Lipinski definition) is 3. The summed E-state index contributed by atoms with van der Waals surface area (Å²) in [5.41, 5.74) is 1.39. The van der Waals surface area contributed by atoms with Gasteiger partial charge >= 0.3 is 0 Å². The molecule has 1 amide bonds. The van der Waals surface area contributed by atoms with Gasteiger partial charge in [-0.2, -0.15) is 0 Å². The first-order valence-electron chi connectivity index (χ1n) is 7.18. The Labute approximate surface area is 166 Å². The van der Waals surface area contributed by atoms with Gasteiger partial charge in [0.2, 0.25) is 3.79 Å². The molecule has 2 rings (SSSR count). The van der Waals surface area contributed by atoms with Crippen molar-refractivity contribution in [3.8, 4) is 0 Å². The molecule has 9 heteroatoms. The molecule has 1 aromatic heterocycles. The Kier molecular flexibility index (Phi) is 6.84. The number of carbonyl (C=O) groups excluding carboxylic acids is 1. The summed E-state index contributed by atoms with van der Waals surface area (Å²) < 4.78 is -1.82. The van der Waals surface area contributed by atoms with E-state index in [2.05, 4.69) is 20.9 Å². The lowest BCUT2D eigenvalue weighted by molar-refractivity contribution is 0.0934. The van der Waals surface area contributed by atoms with Crippen LogP contribution in [0.1, 0.15) is 15.9 Å². The van der Waals surface area contributed by atoms with E-state index in [1.165, 1.54) is 0 Å². The molecule has 1 atom stereocenters. The number of benzene rings is 1. The van der Waals surface area contributed by atoms with Crippen molar-refractivity contribution in [3.63, 3.8) is 0 Å². The highest BCUT2D eigenvalue weighted by Gasteiger charge is 2.34. The first-order chi connectivity index (χ1) is 11.8. The number of thiocarbonyl (C=S) groups is 1. The van der Waals surface area contributed by atoms with Crippen LogP contribution in [0.25, 0.3) is 0 Å². The molecule has 0 aliphatic heterocycles. The summed E-state index contributed by atoms with van der Waals surface area (Å²) in [6.07, 6.45) is 0.561. The van der Waals surface area contributed by atoms with Gasteiger partial charge in [-0.05, 0) is 43.4 Å². The smallest absolute Gasteiger partial charge is 0.252 e. The van der Waals surface area contributed by atoms with Gasteiger partial charge in [-0.25, -0.2) is 4.98 Å². The molecule has 0 radical (unpaired) electrons. The van der Waals surface area contributed by atoms with Crippen LogP contribution < -0.4 is 16.0 Å². The Morgan fingerprint density at radius 2 is 1.92 bits per heavy atom. The van der Waals surface area contributed by atoms with E-state index in [1.54, 1.807) is 42.6 Å². The first kappa shape index (κ1) is 19.7. The van der Waals surface area contributed by atoms with E-state index in [0.717, 1.165) is 5.56 Å². The Morgan fingerprint density at radius 3 is 2.52 bits per heavy atom. The second-order valence-electron chi connectivity index (χ2n) is 5.13. The van der Waals surface area contributed by atoms with Crippen LogP contribution in [-0.2, 0) is 0 Å². The van der Waals surface area contributed by atoms with E-state index in [4.69, 9.17) is 47.0 Å². The number of aryl methyl sites for hydroxylation is 1. The molecule has 0 aliphatic rings. The number of amides is 1. The normalized spacial score (nSPS) is 12.2. The van der Waals surface area contributed by atoms with E-state index in [-0.39, 0.29) is 5.11 Å². The number of aromatic nitrogens is 1. The Hall–Kier alpha value is -1.60. The largest absolute Gasteiger partial charge is 0.339 e. The number of nitrogens with zero attached hydrogens (tertiary/aromatic N) is 1. The molecule has 5 nitrogen and oxygen atoms in total. The molecule has 0 fully saturated rings. The van der Waals surface area contributed by atoms with E-state index >= 15 is 0 Å². The third kappa shape index (κ3) is 6.32. The van der Waals surface area contributed by atoms with Gasteiger partial charge in [0.25, 0.3) is 5.91 Å². The molecular weight excluding hydrogens is 403 g/mol. The van der Waals surface area contributed by atoms with E-state index in [0.29, 0.717) is 11.4 Å². The second kappa shape index (κ2) is 8.67. The number of pyridine rings is 1. The van der Waals surface area contributed by atoms with Crippen LogP contribution >= 0.6 is 47.0 Å². The predicted octanol–water partition coefficient (Wildman–Crippen LogP) is 3.80. The van der Waals surface area contributed by atoms with Crippen LogP contribution in [0.5, 0.6) is 0 Å². The number of halogens is 3. The summed E-state index contributed by atoms with van der Waals surface area (Å²) in [6.45, 7) is 1.88. The molecule has 1 aromatic carbocycles. The highest BCUT2D eigenvalue weighted by Crippen LogP contribution is 2.29. The lowest BCUT2D eigenvalue weighted by Gasteiger charge is -2.27. The van der Waals surface area contributed by atoms with Gasteiger partial charge in [0, 0.05) is 11.8 Å². The van der Waals surface area contributed by atoms with Gasteiger partial charge in [0.05, 0.1) is 0 Å². The average molecular weight is 418 g/mol. The van der Waals surface area contributed by atoms with E-state index in [9.17, 15) is 4.79 Å². The SMILES string of the molecule is Cc1cccc(C(=O)NC(NC(=S)Nc2ccccn2)C(Cl)(Cl)Cl)c1. The maximum Gasteiger partial charge on any atom is 0.252 e. The average Bonchev–Trinajstić information content (AvgIpc) is 2.54. The van der Waals surface area contributed by atoms with Crippen LogP contribution in [-0.4, -0.2) is 26.0 Å². The first-order valence-corrected chi connectivity index (χ1v) is 8.73. The minimum atomic E-state index is -1.82. The number of nitrogens with one attached hydrogen (secondary N) is 3. The van der Waals surface area contributed by atoms with Crippen molar-refractivity contribution in [1.82, 2.24) is 15.6 Å². The zero-order valence-electron chi connectivity index (χ0n) is 13.1. The molecule has 0 aliphatic carbocycles. The maximum absolute atomic E-state index is 12.4. The van der Waals surface area contributed by atoms with Crippen LogP contribution in [0.3, 0.4) is 0 Å². The van der Waals surface area contributed by atoms with Gasteiger partial charge < -0.3 is 16.0 Å². The second-order valence-corrected chi connectivity index (χ2v) is 7.91. The molecular formula is C16H15Cl3N4OS. The van der Waals surface area contributed by atoms with Gasteiger partial charge in [-0.1, -0.05) is 58.6 Å². The van der Waals surface area contributed by atoms with Gasteiger partial charge in [-0.3, -0.25) is 4.79 Å². The Bertz CT molecular complexity index is 753. The molecule has 0 saturated carbocycles. The standard InChI is InChI=1S/C16H15Cl3N4OS/c1-10-5-4-6-11(9-10)13(24)22-14(16(17,18)19)23-15(25)21-12-7-2-3-8-20-12/h2-9,14H,1H3,(H,22,24)(H2,20,21,23,25). The molecule has 1 heterocycles. The zero-order valence-corrected chi connectivity index (χ0v) is 16.2. The van der Waals surface area contributed by atoms with E-state index in [1.807, 2.05) is 13.0 Å². The van der Waals surface area contributed by atoms with Crippen molar-refractivity contribution < 1.29 is 4.79 Å². The maximum atomic E-state index is 12.4. The van der Waals surface area contributed by atoms with Crippen LogP contribution in [0.15, 0.2) is 48.7 Å². The summed E-state index contributed by atoms with van der Waals surface area (Å²) in [6, 6.07) is 12.3.